The predicted octanol–water partition coefficient (Wildman–Crippen LogP) is 2.52. The zero-order valence-electron chi connectivity index (χ0n) is 9.86. The van der Waals surface area contributed by atoms with Gasteiger partial charge in [-0.05, 0) is 19.1 Å². The molecule has 0 bridgehead atoms. The van der Waals surface area contributed by atoms with E-state index in [0.717, 1.165) is 5.56 Å². The van der Waals surface area contributed by atoms with E-state index in [0.29, 0.717) is 5.69 Å². The number of rotatable bonds is 2. The second-order valence-corrected chi connectivity index (χ2v) is 3.83. The van der Waals surface area contributed by atoms with Crippen LogP contribution in [0, 0.1) is 6.92 Å². The average molecular weight is 269 g/mol. The van der Waals surface area contributed by atoms with Gasteiger partial charge in [0, 0.05) is 5.69 Å². The molecular weight excluding hydrogens is 259 g/mol. The van der Waals surface area contributed by atoms with Crippen molar-refractivity contribution in [2.75, 3.05) is 11.1 Å². The van der Waals surface area contributed by atoms with Crippen LogP contribution in [0.15, 0.2) is 24.3 Å². The highest BCUT2D eigenvalue weighted by Gasteiger charge is 2.35. The number of nitrogens with zero attached hydrogens (tertiary/aromatic N) is 3. The van der Waals surface area contributed by atoms with Crippen LogP contribution < -0.4 is 11.1 Å². The number of benzene rings is 1. The third kappa shape index (κ3) is 3.30. The molecule has 0 saturated carbocycles. The smallest absolute Gasteiger partial charge is 0.368 e. The molecule has 0 unspecified atom stereocenters. The van der Waals surface area contributed by atoms with Gasteiger partial charge in [0.2, 0.25) is 17.7 Å². The molecule has 8 heteroatoms. The molecule has 0 amide bonds. The van der Waals surface area contributed by atoms with Crippen molar-refractivity contribution < 1.29 is 13.2 Å². The molecule has 100 valence electrons. The summed E-state index contributed by atoms with van der Waals surface area (Å²) in [6, 6.07) is 7.00. The molecule has 1 aromatic carbocycles. The summed E-state index contributed by atoms with van der Waals surface area (Å²) in [6.07, 6.45) is -4.67. The van der Waals surface area contributed by atoms with Crippen LogP contribution in [0.4, 0.5) is 30.8 Å². The second kappa shape index (κ2) is 4.71. The van der Waals surface area contributed by atoms with Crippen molar-refractivity contribution in [3.05, 3.63) is 35.7 Å². The number of hydrogen-bond donors (Lipinski definition) is 2. The summed E-state index contributed by atoms with van der Waals surface area (Å²) in [6.45, 7) is 1.90. The Morgan fingerprint density at radius 2 is 1.68 bits per heavy atom. The van der Waals surface area contributed by atoms with Gasteiger partial charge < -0.3 is 11.1 Å². The number of halogens is 3. The van der Waals surface area contributed by atoms with Gasteiger partial charge in [0.1, 0.15) is 0 Å². The lowest BCUT2D eigenvalue weighted by molar-refractivity contribution is -0.144. The predicted molar refractivity (Wildman–Crippen MR) is 63.7 cm³/mol. The van der Waals surface area contributed by atoms with Crippen molar-refractivity contribution in [3.8, 4) is 0 Å². The van der Waals surface area contributed by atoms with E-state index in [2.05, 4.69) is 20.3 Å². The Bertz CT molecular complexity index is 580. The summed E-state index contributed by atoms with van der Waals surface area (Å²) < 4.78 is 37.5. The highest BCUT2D eigenvalue weighted by molar-refractivity contribution is 5.54. The highest BCUT2D eigenvalue weighted by Crippen LogP contribution is 2.27. The first-order valence-corrected chi connectivity index (χ1v) is 5.27. The lowest BCUT2D eigenvalue weighted by Gasteiger charge is -2.09. The Hall–Kier alpha value is -2.38. The van der Waals surface area contributed by atoms with Gasteiger partial charge in [0.05, 0.1) is 0 Å². The fourth-order valence-electron chi connectivity index (χ4n) is 1.34. The molecule has 1 aromatic heterocycles. The largest absolute Gasteiger partial charge is 0.451 e. The zero-order valence-corrected chi connectivity index (χ0v) is 9.86. The fraction of sp³-hybridized carbons (Fsp3) is 0.182. The fourth-order valence-corrected chi connectivity index (χ4v) is 1.34. The summed E-state index contributed by atoms with van der Waals surface area (Å²) in [5.74, 6) is -2.06. The number of nitrogen functional groups attached to an aromatic ring is 1. The molecule has 0 fully saturated rings. The minimum Gasteiger partial charge on any atom is -0.368 e. The van der Waals surface area contributed by atoms with Crippen LogP contribution >= 0.6 is 0 Å². The summed E-state index contributed by atoms with van der Waals surface area (Å²) >= 11 is 0. The molecule has 0 aliphatic rings. The first-order valence-electron chi connectivity index (χ1n) is 5.27. The van der Waals surface area contributed by atoms with E-state index in [1.165, 1.54) is 0 Å². The van der Waals surface area contributed by atoms with E-state index in [9.17, 15) is 13.2 Å². The Morgan fingerprint density at radius 1 is 1.05 bits per heavy atom. The minimum atomic E-state index is -4.67. The molecule has 3 N–H and O–H groups in total. The second-order valence-electron chi connectivity index (χ2n) is 3.83. The van der Waals surface area contributed by atoms with Crippen LogP contribution in [0.1, 0.15) is 11.4 Å². The van der Waals surface area contributed by atoms with Crippen molar-refractivity contribution in [3.63, 3.8) is 0 Å². The lowest BCUT2D eigenvalue weighted by atomic mass is 10.2. The van der Waals surface area contributed by atoms with Crippen LogP contribution in [0.3, 0.4) is 0 Å². The van der Waals surface area contributed by atoms with Crippen molar-refractivity contribution >= 4 is 17.6 Å². The highest BCUT2D eigenvalue weighted by atomic mass is 19.4. The number of aryl methyl sites for hydroxylation is 1. The van der Waals surface area contributed by atoms with Crippen molar-refractivity contribution in [1.29, 1.82) is 0 Å². The Kier molecular flexibility index (Phi) is 3.24. The Labute approximate surface area is 106 Å². The van der Waals surface area contributed by atoms with E-state index in [1.807, 2.05) is 6.92 Å². The maximum atomic E-state index is 12.5. The van der Waals surface area contributed by atoms with Gasteiger partial charge in [0.15, 0.2) is 0 Å². The minimum absolute atomic E-state index is 0.247. The maximum Gasteiger partial charge on any atom is 0.451 e. The summed E-state index contributed by atoms with van der Waals surface area (Å²) in [4.78, 5) is 9.95. The normalized spacial score (nSPS) is 11.4. The monoisotopic (exact) mass is 269 g/mol. The van der Waals surface area contributed by atoms with Gasteiger partial charge in [-0.15, -0.1) is 0 Å². The number of nitrogens with one attached hydrogen (secondary N) is 1. The topological polar surface area (TPSA) is 76.7 Å². The van der Waals surface area contributed by atoms with Gasteiger partial charge >= 0.3 is 6.18 Å². The molecule has 2 aromatic rings. The van der Waals surface area contributed by atoms with Gasteiger partial charge in [0.25, 0.3) is 0 Å². The maximum absolute atomic E-state index is 12.5. The quantitative estimate of drug-likeness (QED) is 0.876. The average Bonchev–Trinajstić information content (AvgIpc) is 2.30. The van der Waals surface area contributed by atoms with Crippen LogP contribution in [0.5, 0.6) is 0 Å². The number of nitrogens with two attached hydrogens (primary N) is 1. The van der Waals surface area contributed by atoms with E-state index in [-0.39, 0.29) is 5.95 Å². The third-order valence-electron chi connectivity index (χ3n) is 2.21. The van der Waals surface area contributed by atoms with Crippen molar-refractivity contribution in [2.45, 2.75) is 13.1 Å². The SMILES string of the molecule is Cc1ccc(Nc2nc(N)nc(C(F)(F)F)n2)cc1. The summed E-state index contributed by atoms with van der Waals surface area (Å²) in [5.41, 5.74) is 6.82. The van der Waals surface area contributed by atoms with E-state index >= 15 is 0 Å². The molecule has 0 radical (unpaired) electrons. The number of hydrogen-bond acceptors (Lipinski definition) is 5. The molecule has 0 aliphatic heterocycles. The Morgan fingerprint density at radius 3 is 2.26 bits per heavy atom. The summed E-state index contributed by atoms with van der Waals surface area (Å²) in [7, 11) is 0. The van der Waals surface area contributed by atoms with Crippen LogP contribution in [0.2, 0.25) is 0 Å². The summed E-state index contributed by atoms with van der Waals surface area (Å²) in [5, 5.41) is 2.64. The number of aromatic nitrogens is 3. The molecule has 0 saturated heterocycles. The molecule has 2 rings (SSSR count). The van der Waals surface area contributed by atoms with Gasteiger partial charge in [-0.1, -0.05) is 17.7 Å². The zero-order chi connectivity index (χ0) is 14.0. The first kappa shape index (κ1) is 13.1. The molecule has 5 nitrogen and oxygen atoms in total. The molecule has 0 aliphatic carbocycles. The molecule has 0 spiro atoms. The van der Waals surface area contributed by atoms with Crippen LogP contribution in [-0.2, 0) is 6.18 Å². The van der Waals surface area contributed by atoms with Crippen LogP contribution in [0.25, 0.3) is 0 Å². The van der Waals surface area contributed by atoms with Gasteiger partial charge in [-0.2, -0.15) is 28.1 Å². The van der Waals surface area contributed by atoms with Crippen molar-refractivity contribution in [2.24, 2.45) is 0 Å². The van der Waals surface area contributed by atoms with E-state index in [1.54, 1.807) is 24.3 Å². The van der Waals surface area contributed by atoms with Crippen LogP contribution in [-0.4, -0.2) is 15.0 Å². The molecule has 19 heavy (non-hydrogen) atoms. The number of anilines is 3. The molecular formula is C11H10F3N5. The lowest BCUT2D eigenvalue weighted by Crippen LogP contribution is -2.15. The molecule has 0 atom stereocenters. The van der Waals surface area contributed by atoms with E-state index in [4.69, 9.17) is 5.73 Å². The van der Waals surface area contributed by atoms with Gasteiger partial charge in [-0.3, -0.25) is 0 Å². The third-order valence-corrected chi connectivity index (χ3v) is 2.21. The Balaban J connectivity index is 2.30. The van der Waals surface area contributed by atoms with Crippen molar-refractivity contribution in [1.82, 2.24) is 15.0 Å². The van der Waals surface area contributed by atoms with E-state index < -0.39 is 17.9 Å². The first-order chi connectivity index (χ1) is 8.84. The standard InChI is InChI=1S/C11H10F3N5/c1-6-2-4-7(5-3-6)16-10-18-8(11(12,13)14)17-9(15)19-10/h2-5H,1H3,(H3,15,16,17,18,19). The number of alkyl halides is 3. The molecule has 1 heterocycles. The van der Waals surface area contributed by atoms with Gasteiger partial charge in [-0.25, -0.2) is 0 Å².